The molecule has 1 N–H and O–H groups in total. The van der Waals surface area contributed by atoms with Gasteiger partial charge in [0.1, 0.15) is 16.5 Å². The van der Waals surface area contributed by atoms with Crippen molar-refractivity contribution in [3.8, 4) is 0 Å². The lowest BCUT2D eigenvalue weighted by Gasteiger charge is -2.29. The third-order valence-corrected chi connectivity index (χ3v) is 5.11. The minimum absolute atomic E-state index is 0.207. The molecule has 19 heavy (non-hydrogen) atoms. The Kier molecular flexibility index (Phi) is 4.20. The fourth-order valence-electron chi connectivity index (χ4n) is 2.44. The van der Waals surface area contributed by atoms with Gasteiger partial charge in [-0.2, -0.15) is 0 Å². The first-order valence-electron chi connectivity index (χ1n) is 6.37. The summed E-state index contributed by atoms with van der Waals surface area (Å²) in [6.45, 7) is 1.97. The van der Waals surface area contributed by atoms with Gasteiger partial charge in [-0.3, -0.25) is 0 Å². The van der Waals surface area contributed by atoms with Gasteiger partial charge >= 0.3 is 0 Å². The quantitative estimate of drug-likeness (QED) is 0.930. The summed E-state index contributed by atoms with van der Waals surface area (Å²) in [5, 5.41) is 0. The molecule has 0 amide bonds. The Morgan fingerprint density at radius 1 is 1.21 bits per heavy atom. The SMILES string of the molecule is C[C@@H]1CCCC[C@@H]1NS(=O)(=O)c1cc(F)ccc1F. The van der Waals surface area contributed by atoms with Crippen LogP contribution in [0, 0.1) is 17.6 Å². The minimum atomic E-state index is -4.01. The van der Waals surface area contributed by atoms with E-state index < -0.39 is 26.6 Å². The zero-order chi connectivity index (χ0) is 14.0. The monoisotopic (exact) mass is 289 g/mol. The molecule has 0 saturated heterocycles. The van der Waals surface area contributed by atoms with Crippen LogP contribution in [0.15, 0.2) is 23.1 Å². The second-order valence-electron chi connectivity index (χ2n) is 5.06. The largest absolute Gasteiger partial charge is 0.243 e. The number of halogens is 2. The zero-order valence-corrected chi connectivity index (χ0v) is 11.5. The van der Waals surface area contributed by atoms with Crippen molar-refractivity contribution >= 4 is 10.0 Å². The highest BCUT2D eigenvalue weighted by molar-refractivity contribution is 7.89. The van der Waals surface area contributed by atoms with E-state index in [9.17, 15) is 17.2 Å². The maximum atomic E-state index is 13.5. The second kappa shape index (κ2) is 5.54. The molecule has 0 heterocycles. The van der Waals surface area contributed by atoms with E-state index in [1.165, 1.54) is 0 Å². The minimum Gasteiger partial charge on any atom is -0.208 e. The fraction of sp³-hybridized carbons (Fsp3) is 0.538. The van der Waals surface area contributed by atoms with E-state index in [4.69, 9.17) is 0 Å². The molecule has 2 atom stereocenters. The van der Waals surface area contributed by atoms with Gasteiger partial charge in [0.05, 0.1) is 0 Å². The Morgan fingerprint density at radius 3 is 2.58 bits per heavy atom. The first kappa shape index (κ1) is 14.4. The molecule has 3 nitrogen and oxygen atoms in total. The van der Waals surface area contributed by atoms with Crippen LogP contribution in [0.3, 0.4) is 0 Å². The van der Waals surface area contributed by atoms with Gasteiger partial charge in [0.2, 0.25) is 10.0 Å². The van der Waals surface area contributed by atoms with Crippen molar-refractivity contribution in [2.75, 3.05) is 0 Å². The highest BCUT2D eigenvalue weighted by Gasteiger charge is 2.28. The molecule has 0 radical (unpaired) electrons. The lowest BCUT2D eigenvalue weighted by molar-refractivity contribution is 0.310. The predicted octanol–water partition coefficient (Wildman–Crippen LogP) is 2.82. The van der Waals surface area contributed by atoms with Crippen LogP contribution in [0.25, 0.3) is 0 Å². The molecular formula is C13H17F2NO2S. The molecule has 0 unspecified atom stereocenters. The molecule has 0 aliphatic heterocycles. The molecule has 1 aliphatic rings. The van der Waals surface area contributed by atoms with Gasteiger partial charge in [-0.05, 0) is 37.0 Å². The average Bonchev–Trinajstić information content (AvgIpc) is 2.35. The number of hydrogen-bond donors (Lipinski definition) is 1. The molecule has 1 aromatic carbocycles. The van der Waals surface area contributed by atoms with Gasteiger partial charge in [-0.25, -0.2) is 21.9 Å². The Hall–Kier alpha value is -1.01. The lowest BCUT2D eigenvalue weighted by atomic mass is 9.87. The van der Waals surface area contributed by atoms with Crippen LogP contribution < -0.4 is 4.72 Å². The summed E-state index contributed by atoms with van der Waals surface area (Å²) < 4.78 is 53.3. The van der Waals surface area contributed by atoms with Crippen molar-refractivity contribution in [2.24, 2.45) is 5.92 Å². The first-order valence-corrected chi connectivity index (χ1v) is 7.86. The third-order valence-electron chi connectivity index (χ3n) is 3.60. The highest BCUT2D eigenvalue weighted by atomic mass is 32.2. The number of sulfonamides is 1. The topological polar surface area (TPSA) is 46.2 Å². The van der Waals surface area contributed by atoms with Crippen LogP contribution in [0.5, 0.6) is 0 Å². The second-order valence-corrected chi connectivity index (χ2v) is 6.75. The van der Waals surface area contributed by atoms with E-state index in [0.717, 1.165) is 37.8 Å². The average molecular weight is 289 g/mol. The van der Waals surface area contributed by atoms with Crippen LogP contribution in [-0.4, -0.2) is 14.5 Å². The smallest absolute Gasteiger partial charge is 0.208 e. The molecular weight excluding hydrogens is 272 g/mol. The van der Waals surface area contributed by atoms with Crippen molar-refractivity contribution in [2.45, 2.75) is 43.5 Å². The summed E-state index contributed by atoms with van der Waals surface area (Å²) in [7, 11) is -4.01. The lowest BCUT2D eigenvalue weighted by Crippen LogP contribution is -2.41. The standard InChI is InChI=1S/C13H17F2NO2S/c1-9-4-2-3-5-12(9)16-19(17,18)13-8-10(14)6-7-11(13)15/h6-9,12,16H,2-5H2,1H3/t9-,12+/m1/s1. The van der Waals surface area contributed by atoms with Gasteiger partial charge in [-0.15, -0.1) is 0 Å². The maximum absolute atomic E-state index is 13.5. The highest BCUT2D eigenvalue weighted by Crippen LogP contribution is 2.26. The Bertz CT molecular complexity index is 560. The molecule has 1 fully saturated rings. The van der Waals surface area contributed by atoms with Crippen molar-refractivity contribution in [3.05, 3.63) is 29.8 Å². The van der Waals surface area contributed by atoms with Crippen molar-refractivity contribution in [3.63, 3.8) is 0 Å². The third kappa shape index (κ3) is 3.30. The van der Waals surface area contributed by atoms with E-state index in [-0.39, 0.29) is 12.0 Å². The number of nitrogens with one attached hydrogen (secondary N) is 1. The van der Waals surface area contributed by atoms with Gasteiger partial charge in [0.25, 0.3) is 0 Å². The van der Waals surface area contributed by atoms with Crippen LogP contribution in [0.4, 0.5) is 8.78 Å². The first-order chi connectivity index (χ1) is 8.90. The summed E-state index contributed by atoms with van der Waals surface area (Å²) in [6.07, 6.45) is 3.70. The maximum Gasteiger partial charge on any atom is 0.243 e. The molecule has 0 aromatic heterocycles. The van der Waals surface area contributed by atoms with E-state index in [1.54, 1.807) is 0 Å². The van der Waals surface area contributed by atoms with Gasteiger partial charge in [-0.1, -0.05) is 19.8 Å². The number of hydrogen-bond acceptors (Lipinski definition) is 2. The molecule has 2 rings (SSSR count). The fourth-order valence-corrected chi connectivity index (χ4v) is 3.91. The Labute approximate surface area is 112 Å². The zero-order valence-electron chi connectivity index (χ0n) is 10.7. The summed E-state index contributed by atoms with van der Waals surface area (Å²) >= 11 is 0. The normalized spacial score (nSPS) is 24.4. The molecule has 1 aromatic rings. The van der Waals surface area contributed by atoms with Crippen LogP contribution in [0.1, 0.15) is 32.6 Å². The van der Waals surface area contributed by atoms with Gasteiger partial charge < -0.3 is 0 Å². The van der Waals surface area contributed by atoms with Crippen molar-refractivity contribution in [1.82, 2.24) is 4.72 Å². The molecule has 0 spiro atoms. The summed E-state index contributed by atoms with van der Waals surface area (Å²) in [4.78, 5) is -0.620. The van der Waals surface area contributed by atoms with E-state index in [2.05, 4.69) is 4.72 Å². The molecule has 6 heteroatoms. The summed E-state index contributed by atoms with van der Waals surface area (Å²) in [5.74, 6) is -1.49. The van der Waals surface area contributed by atoms with Crippen molar-refractivity contribution < 1.29 is 17.2 Å². The molecule has 0 bridgehead atoms. The molecule has 1 saturated carbocycles. The van der Waals surface area contributed by atoms with Crippen LogP contribution >= 0.6 is 0 Å². The predicted molar refractivity (Wildman–Crippen MR) is 68.1 cm³/mol. The van der Waals surface area contributed by atoms with E-state index in [0.29, 0.717) is 6.07 Å². The van der Waals surface area contributed by atoms with E-state index >= 15 is 0 Å². The van der Waals surface area contributed by atoms with Gasteiger partial charge in [0, 0.05) is 6.04 Å². The van der Waals surface area contributed by atoms with Gasteiger partial charge in [0.15, 0.2) is 0 Å². The van der Waals surface area contributed by atoms with E-state index in [1.807, 2.05) is 6.92 Å². The molecule has 1 aliphatic carbocycles. The number of rotatable bonds is 3. The summed E-state index contributed by atoms with van der Waals surface area (Å²) in [5.41, 5.74) is 0. The summed E-state index contributed by atoms with van der Waals surface area (Å²) in [6, 6.07) is 2.23. The molecule has 106 valence electrons. The van der Waals surface area contributed by atoms with Crippen molar-refractivity contribution in [1.29, 1.82) is 0 Å². The Morgan fingerprint density at radius 2 is 1.89 bits per heavy atom. The van der Waals surface area contributed by atoms with Crippen LogP contribution in [0.2, 0.25) is 0 Å². The van der Waals surface area contributed by atoms with Crippen LogP contribution in [-0.2, 0) is 10.0 Å². The number of benzene rings is 1. The Balaban J connectivity index is 2.24.